The second-order valence-corrected chi connectivity index (χ2v) is 6.11. The Kier molecular flexibility index (Phi) is 7.05. The average molecular weight is 377 g/mol. The summed E-state index contributed by atoms with van der Waals surface area (Å²) < 4.78 is 43.4. The fourth-order valence-electron chi connectivity index (χ4n) is 2.34. The SMILES string of the molecule is CC/C=C\C(C)C(=O)NCc1cccc(Oc2ccc(C(F)(F)F)cc2)c1. The van der Waals surface area contributed by atoms with Gasteiger partial charge in [-0.25, -0.2) is 0 Å². The van der Waals surface area contributed by atoms with Crippen LogP contribution < -0.4 is 10.1 Å². The Bertz CT molecular complexity index is 783. The molecule has 27 heavy (non-hydrogen) atoms. The molecule has 0 bridgehead atoms. The van der Waals surface area contributed by atoms with Crippen molar-refractivity contribution in [2.75, 3.05) is 0 Å². The molecule has 0 heterocycles. The maximum atomic E-state index is 12.6. The van der Waals surface area contributed by atoms with E-state index in [1.54, 1.807) is 18.2 Å². The summed E-state index contributed by atoms with van der Waals surface area (Å²) in [5.74, 6) is 0.508. The maximum Gasteiger partial charge on any atom is 0.416 e. The van der Waals surface area contributed by atoms with E-state index in [9.17, 15) is 18.0 Å². The van der Waals surface area contributed by atoms with Crippen LogP contribution in [0.25, 0.3) is 0 Å². The monoisotopic (exact) mass is 377 g/mol. The van der Waals surface area contributed by atoms with Crippen molar-refractivity contribution in [2.45, 2.75) is 33.0 Å². The molecule has 0 aromatic heterocycles. The lowest BCUT2D eigenvalue weighted by Crippen LogP contribution is -2.27. The molecule has 0 aliphatic rings. The molecule has 1 amide bonds. The van der Waals surface area contributed by atoms with Crippen LogP contribution in [0.3, 0.4) is 0 Å². The van der Waals surface area contributed by atoms with E-state index < -0.39 is 11.7 Å². The summed E-state index contributed by atoms with van der Waals surface area (Å²) in [6.07, 6.45) is 0.309. The zero-order valence-electron chi connectivity index (χ0n) is 15.2. The molecule has 0 fully saturated rings. The molecule has 144 valence electrons. The number of carbonyl (C=O) groups excluding carboxylic acids is 1. The Hall–Kier alpha value is -2.76. The highest BCUT2D eigenvalue weighted by atomic mass is 19.4. The average Bonchev–Trinajstić information content (AvgIpc) is 2.64. The number of carbonyl (C=O) groups is 1. The number of hydrogen-bond acceptors (Lipinski definition) is 2. The van der Waals surface area contributed by atoms with Crippen LogP contribution >= 0.6 is 0 Å². The number of allylic oxidation sites excluding steroid dienone is 1. The Balaban J connectivity index is 1.97. The van der Waals surface area contributed by atoms with Crippen molar-refractivity contribution in [1.29, 1.82) is 0 Å². The second kappa shape index (κ2) is 9.26. The van der Waals surface area contributed by atoms with Crippen LogP contribution in [0, 0.1) is 5.92 Å². The second-order valence-electron chi connectivity index (χ2n) is 6.11. The van der Waals surface area contributed by atoms with Gasteiger partial charge < -0.3 is 10.1 Å². The molecule has 0 spiro atoms. The van der Waals surface area contributed by atoms with Gasteiger partial charge in [-0.15, -0.1) is 0 Å². The van der Waals surface area contributed by atoms with Crippen molar-refractivity contribution in [3.8, 4) is 11.5 Å². The van der Waals surface area contributed by atoms with Crippen LogP contribution in [0.4, 0.5) is 13.2 Å². The summed E-state index contributed by atoms with van der Waals surface area (Å²) in [5.41, 5.74) is 0.108. The van der Waals surface area contributed by atoms with E-state index in [1.165, 1.54) is 12.1 Å². The Morgan fingerprint density at radius 2 is 1.85 bits per heavy atom. The molecule has 0 aliphatic carbocycles. The third-order valence-electron chi connectivity index (χ3n) is 3.86. The number of ether oxygens (including phenoxy) is 1. The Morgan fingerprint density at radius 1 is 1.15 bits per heavy atom. The topological polar surface area (TPSA) is 38.3 Å². The molecule has 2 aromatic rings. The quantitative estimate of drug-likeness (QED) is 0.627. The summed E-state index contributed by atoms with van der Waals surface area (Å²) in [7, 11) is 0. The van der Waals surface area contributed by atoms with Gasteiger partial charge in [0.2, 0.25) is 5.91 Å². The first-order valence-electron chi connectivity index (χ1n) is 8.68. The molecule has 0 saturated carbocycles. The first-order chi connectivity index (χ1) is 12.8. The summed E-state index contributed by atoms with van der Waals surface area (Å²) in [4.78, 5) is 12.0. The van der Waals surface area contributed by atoms with E-state index in [2.05, 4.69) is 5.32 Å². The number of nitrogens with one attached hydrogen (secondary N) is 1. The predicted octanol–water partition coefficient (Wildman–Crippen LogP) is 5.72. The lowest BCUT2D eigenvalue weighted by molar-refractivity contribution is -0.137. The van der Waals surface area contributed by atoms with Crippen LogP contribution in [0.1, 0.15) is 31.4 Å². The highest BCUT2D eigenvalue weighted by Gasteiger charge is 2.30. The van der Waals surface area contributed by atoms with Gasteiger partial charge in [-0.05, 0) is 48.4 Å². The van der Waals surface area contributed by atoms with Gasteiger partial charge in [-0.1, -0.05) is 38.1 Å². The summed E-state index contributed by atoms with van der Waals surface area (Å²) in [6, 6.07) is 11.6. The van der Waals surface area contributed by atoms with Gasteiger partial charge in [0.25, 0.3) is 0 Å². The predicted molar refractivity (Wildman–Crippen MR) is 98.4 cm³/mol. The lowest BCUT2D eigenvalue weighted by Gasteiger charge is -2.11. The number of halogens is 3. The molecule has 2 rings (SSSR count). The van der Waals surface area contributed by atoms with Crippen molar-refractivity contribution >= 4 is 5.91 Å². The van der Waals surface area contributed by atoms with E-state index in [-0.39, 0.29) is 11.8 Å². The van der Waals surface area contributed by atoms with Gasteiger partial charge in [0, 0.05) is 6.54 Å². The van der Waals surface area contributed by atoms with Crippen molar-refractivity contribution in [2.24, 2.45) is 5.92 Å². The molecule has 0 aliphatic heterocycles. The minimum atomic E-state index is -4.37. The van der Waals surface area contributed by atoms with Crippen LogP contribution in [-0.2, 0) is 17.5 Å². The highest BCUT2D eigenvalue weighted by molar-refractivity contribution is 5.79. The van der Waals surface area contributed by atoms with Crippen LogP contribution in [-0.4, -0.2) is 5.91 Å². The molecule has 2 aromatic carbocycles. The summed E-state index contributed by atoms with van der Waals surface area (Å²) in [5, 5.41) is 2.85. The van der Waals surface area contributed by atoms with Crippen molar-refractivity contribution < 1.29 is 22.7 Å². The van der Waals surface area contributed by atoms with Gasteiger partial charge in [0.05, 0.1) is 11.5 Å². The first kappa shape index (κ1) is 20.6. The molecule has 1 N–H and O–H groups in total. The molecule has 1 atom stereocenters. The van der Waals surface area contributed by atoms with E-state index in [4.69, 9.17) is 4.74 Å². The number of alkyl halides is 3. The molecule has 3 nitrogen and oxygen atoms in total. The van der Waals surface area contributed by atoms with Crippen molar-refractivity contribution in [1.82, 2.24) is 5.32 Å². The molecule has 6 heteroatoms. The molecule has 1 unspecified atom stereocenters. The minimum Gasteiger partial charge on any atom is -0.457 e. The molecule has 0 radical (unpaired) electrons. The van der Waals surface area contributed by atoms with E-state index in [0.29, 0.717) is 18.0 Å². The molecular weight excluding hydrogens is 355 g/mol. The number of hydrogen-bond donors (Lipinski definition) is 1. The third kappa shape index (κ3) is 6.47. The normalized spacial score (nSPS) is 12.8. The van der Waals surface area contributed by atoms with Crippen molar-refractivity contribution in [3.05, 3.63) is 71.8 Å². The van der Waals surface area contributed by atoms with Gasteiger partial charge in [0.1, 0.15) is 11.5 Å². The van der Waals surface area contributed by atoms with Crippen LogP contribution in [0.2, 0.25) is 0 Å². The molecular formula is C21H22F3NO2. The Morgan fingerprint density at radius 3 is 2.48 bits per heavy atom. The number of benzene rings is 2. The van der Waals surface area contributed by atoms with Crippen LogP contribution in [0.15, 0.2) is 60.7 Å². The van der Waals surface area contributed by atoms with Gasteiger partial charge in [0.15, 0.2) is 0 Å². The lowest BCUT2D eigenvalue weighted by atomic mass is 10.1. The highest BCUT2D eigenvalue weighted by Crippen LogP contribution is 2.31. The van der Waals surface area contributed by atoms with E-state index >= 15 is 0 Å². The maximum absolute atomic E-state index is 12.6. The summed E-state index contributed by atoms with van der Waals surface area (Å²) in [6.45, 7) is 4.17. The Labute approximate surface area is 156 Å². The van der Waals surface area contributed by atoms with E-state index in [0.717, 1.165) is 24.1 Å². The zero-order chi connectivity index (χ0) is 19.9. The van der Waals surface area contributed by atoms with Gasteiger partial charge in [-0.3, -0.25) is 4.79 Å². The fraction of sp³-hybridized carbons (Fsp3) is 0.286. The summed E-state index contributed by atoms with van der Waals surface area (Å²) >= 11 is 0. The molecule has 0 saturated heterocycles. The van der Waals surface area contributed by atoms with Crippen LogP contribution in [0.5, 0.6) is 11.5 Å². The minimum absolute atomic E-state index is 0.0752. The third-order valence-corrected chi connectivity index (χ3v) is 3.86. The van der Waals surface area contributed by atoms with E-state index in [1.807, 2.05) is 32.1 Å². The number of amides is 1. The van der Waals surface area contributed by atoms with Gasteiger partial charge >= 0.3 is 6.18 Å². The standard InChI is InChI=1S/C21H22F3NO2/c1-3-4-6-15(2)20(26)25-14-16-7-5-8-19(13-16)27-18-11-9-17(10-12-18)21(22,23)24/h4-13,15H,3,14H2,1-2H3,(H,25,26)/b6-4-. The zero-order valence-corrected chi connectivity index (χ0v) is 15.2. The smallest absolute Gasteiger partial charge is 0.416 e. The van der Waals surface area contributed by atoms with Crippen molar-refractivity contribution in [3.63, 3.8) is 0 Å². The fourth-order valence-corrected chi connectivity index (χ4v) is 2.34. The number of rotatable bonds is 7. The largest absolute Gasteiger partial charge is 0.457 e. The first-order valence-corrected chi connectivity index (χ1v) is 8.68. The van der Waals surface area contributed by atoms with Gasteiger partial charge in [-0.2, -0.15) is 13.2 Å².